The number of amides is 1. The molecule has 0 aliphatic carbocycles. The van der Waals surface area contributed by atoms with Crippen molar-refractivity contribution in [1.29, 1.82) is 0 Å². The number of anilines is 2. The number of hydrogen-bond acceptors (Lipinski definition) is 3. The molecule has 0 aliphatic rings. The van der Waals surface area contributed by atoms with Crippen LogP contribution in [0.4, 0.5) is 17.1 Å². The molecule has 0 saturated heterocycles. The van der Waals surface area contributed by atoms with E-state index in [0.717, 1.165) is 27.9 Å². The molecule has 32 heavy (non-hydrogen) atoms. The number of carbonyl (C=O) groups is 1. The lowest BCUT2D eigenvalue weighted by molar-refractivity contribution is -0.131. The topological polar surface area (TPSA) is 56.9 Å². The Hall–Kier alpha value is -3.62. The van der Waals surface area contributed by atoms with Crippen molar-refractivity contribution in [1.82, 2.24) is 0 Å². The maximum absolute atomic E-state index is 12.8. The lowest BCUT2D eigenvalue weighted by Crippen LogP contribution is -2.48. The predicted molar refractivity (Wildman–Crippen MR) is 131 cm³/mol. The third-order valence-electron chi connectivity index (χ3n) is 5.63. The number of likely N-dealkylation sites (N-methyl/N-ethyl adjacent to an activating group) is 1. The molecule has 0 heterocycles. The van der Waals surface area contributed by atoms with E-state index in [2.05, 4.69) is 60.4 Å². The van der Waals surface area contributed by atoms with Crippen LogP contribution in [0.25, 0.3) is 16.0 Å². The zero-order chi connectivity index (χ0) is 23.5. The Kier molecular flexibility index (Phi) is 6.67. The Morgan fingerprint density at radius 2 is 1.72 bits per heavy atom. The van der Waals surface area contributed by atoms with E-state index in [1.807, 2.05) is 24.9 Å². The predicted octanol–water partition coefficient (Wildman–Crippen LogP) is 5.66. The highest BCUT2D eigenvalue weighted by Gasteiger charge is 2.32. The molecule has 3 rings (SSSR count). The Bertz CT molecular complexity index is 1170. The molecule has 164 valence electrons. The summed E-state index contributed by atoms with van der Waals surface area (Å²) in [6, 6.07) is 19.6. The van der Waals surface area contributed by atoms with Crippen molar-refractivity contribution in [3.8, 4) is 11.1 Å². The van der Waals surface area contributed by atoms with Gasteiger partial charge in [0.05, 0.1) is 13.1 Å². The summed E-state index contributed by atoms with van der Waals surface area (Å²) < 4.78 is 0. The fraction of sp³-hybridized carbons (Fsp3) is 0.259. The molecule has 5 heteroatoms. The second kappa shape index (κ2) is 9.25. The normalized spacial score (nSPS) is 12.5. The van der Waals surface area contributed by atoms with E-state index in [-0.39, 0.29) is 6.54 Å². The second-order valence-electron chi connectivity index (χ2n) is 8.56. The van der Waals surface area contributed by atoms with Gasteiger partial charge in [-0.2, -0.15) is 0 Å². The molecule has 0 aromatic heterocycles. The minimum Gasteiger partial charge on any atom is -0.378 e. The average Bonchev–Trinajstić information content (AvgIpc) is 2.74. The fourth-order valence-electron chi connectivity index (χ4n) is 3.64. The van der Waals surface area contributed by atoms with Crippen LogP contribution in [0.5, 0.6) is 0 Å². The summed E-state index contributed by atoms with van der Waals surface area (Å²) in [6.45, 7) is 14.7. The molecule has 0 radical (unpaired) electrons. The van der Waals surface area contributed by atoms with Crippen molar-refractivity contribution >= 4 is 23.0 Å². The number of hydrogen-bond donors (Lipinski definition) is 2. The highest BCUT2D eigenvalue weighted by Crippen LogP contribution is 2.29. The van der Waals surface area contributed by atoms with Crippen molar-refractivity contribution in [2.45, 2.75) is 33.3 Å². The zero-order valence-corrected chi connectivity index (χ0v) is 19.2. The van der Waals surface area contributed by atoms with Gasteiger partial charge in [-0.1, -0.05) is 42.0 Å². The molecule has 1 amide bonds. The quantitative estimate of drug-likeness (QED) is 0.500. The number of benzene rings is 3. The van der Waals surface area contributed by atoms with Gasteiger partial charge in [0.1, 0.15) is 0 Å². The van der Waals surface area contributed by atoms with Crippen molar-refractivity contribution in [2.75, 3.05) is 23.8 Å². The highest BCUT2D eigenvalue weighted by molar-refractivity contribution is 5.97. The zero-order valence-electron chi connectivity index (χ0n) is 19.2. The average molecular weight is 428 g/mol. The van der Waals surface area contributed by atoms with Gasteiger partial charge in [-0.15, -0.1) is 0 Å². The summed E-state index contributed by atoms with van der Waals surface area (Å²) in [5.74, 6) is -0.495. The van der Waals surface area contributed by atoms with Gasteiger partial charge < -0.3 is 15.3 Å². The Morgan fingerprint density at radius 3 is 2.34 bits per heavy atom. The third kappa shape index (κ3) is 5.16. The van der Waals surface area contributed by atoms with Gasteiger partial charge in [0.25, 0.3) is 5.91 Å². The maximum atomic E-state index is 12.8. The van der Waals surface area contributed by atoms with E-state index in [1.54, 1.807) is 18.2 Å². The molecule has 3 aromatic rings. The lowest BCUT2D eigenvalue weighted by Gasteiger charge is -2.30. The van der Waals surface area contributed by atoms with E-state index in [0.29, 0.717) is 11.4 Å². The first-order valence-corrected chi connectivity index (χ1v) is 10.5. The molecule has 0 spiro atoms. The van der Waals surface area contributed by atoms with E-state index in [1.165, 1.54) is 12.5 Å². The molecule has 0 aliphatic heterocycles. The van der Waals surface area contributed by atoms with Crippen LogP contribution in [0.15, 0.2) is 60.7 Å². The molecule has 1 atom stereocenters. The van der Waals surface area contributed by atoms with Gasteiger partial charge in [-0.3, -0.25) is 4.79 Å². The van der Waals surface area contributed by atoms with Crippen molar-refractivity contribution in [3.63, 3.8) is 0 Å². The number of rotatable bonds is 6. The van der Waals surface area contributed by atoms with Crippen LogP contribution in [0.1, 0.15) is 23.6 Å². The van der Waals surface area contributed by atoms with Crippen molar-refractivity contribution < 1.29 is 9.90 Å². The molecule has 0 saturated carbocycles. The standard InChI is InChI=1S/C27H29N3O2/c1-18-7-10-21(11-8-18)24-16-23(13-9-19(24)2)30(6)17-27(4,32)26(31)29-22-12-14-25(28-5)20(3)15-22/h7-16,32H,17H2,1-4,6H3,(H,29,31)/t27-/m0/s1. The van der Waals surface area contributed by atoms with Crippen LogP contribution >= 0.6 is 0 Å². The molecule has 0 bridgehead atoms. The number of nitrogens with zero attached hydrogens (tertiary/aromatic N) is 2. The van der Waals surface area contributed by atoms with E-state index in [9.17, 15) is 9.90 Å². The molecule has 0 unspecified atom stereocenters. The summed E-state index contributed by atoms with van der Waals surface area (Å²) in [6.07, 6.45) is 0. The SMILES string of the molecule is [C-]#[N+]c1ccc(NC(=O)[C@@](C)(O)CN(C)c2ccc(C)c(-c3ccc(C)cc3)c2)cc1C. The smallest absolute Gasteiger partial charge is 0.257 e. The molecule has 0 fully saturated rings. The summed E-state index contributed by atoms with van der Waals surface area (Å²) in [7, 11) is 1.86. The van der Waals surface area contributed by atoms with E-state index < -0.39 is 11.5 Å². The Morgan fingerprint density at radius 1 is 1.03 bits per heavy atom. The largest absolute Gasteiger partial charge is 0.378 e. The van der Waals surface area contributed by atoms with Gasteiger partial charge in [0.2, 0.25) is 0 Å². The highest BCUT2D eigenvalue weighted by atomic mass is 16.3. The van der Waals surface area contributed by atoms with Crippen LogP contribution in [0.2, 0.25) is 0 Å². The van der Waals surface area contributed by atoms with Crippen molar-refractivity contribution in [3.05, 3.63) is 88.8 Å². The molecule has 5 nitrogen and oxygen atoms in total. The van der Waals surface area contributed by atoms with Crippen LogP contribution < -0.4 is 10.2 Å². The minimum absolute atomic E-state index is 0.119. The molecule has 2 N–H and O–H groups in total. The first-order chi connectivity index (χ1) is 15.1. The van der Waals surface area contributed by atoms with Crippen LogP contribution in [0.3, 0.4) is 0 Å². The number of aliphatic hydroxyl groups is 1. The summed E-state index contributed by atoms with van der Waals surface area (Å²) >= 11 is 0. The summed E-state index contributed by atoms with van der Waals surface area (Å²) in [4.78, 5) is 18.1. The summed E-state index contributed by atoms with van der Waals surface area (Å²) in [5.41, 5.74) is 5.79. The van der Waals surface area contributed by atoms with E-state index in [4.69, 9.17) is 6.57 Å². The monoisotopic (exact) mass is 427 g/mol. The fourth-order valence-corrected chi connectivity index (χ4v) is 3.64. The maximum Gasteiger partial charge on any atom is 0.257 e. The number of carbonyl (C=O) groups excluding carboxylic acids is 1. The summed E-state index contributed by atoms with van der Waals surface area (Å²) in [5, 5.41) is 13.7. The minimum atomic E-state index is -1.62. The first kappa shape index (κ1) is 23.1. The molecular weight excluding hydrogens is 398 g/mol. The van der Waals surface area contributed by atoms with Crippen LogP contribution in [-0.2, 0) is 4.79 Å². The lowest BCUT2D eigenvalue weighted by atomic mass is 9.98. The number of aryl methyl sites for hydroxylation is 3. The third-order valence-corrected chi connectivity index (χ3v) is 5.63. The van der Waals surface area contributed by atoms with E-state index >= 15 is 0 Å². The van der Waals surface area contributed by atoms with Gasteiger partial charge >= 0.3 is 0 Å². The van der Waals surface area contributed by atoms with Crippen LogP contribution in [0, 0.1) is 27.3 Å². The van der Waals surface area contributed by atoms with Crippen LogP contribution in [-0.4, -0.2) is 30.2 Å². The van der Waals surface area contributed by atoms with Gasteiger partial charge in [0, 0.05) is 18.4 Å². The Balaban J connectivity index is 1.76. The number of nitrogens with one attached hydrogen (secondary N) is 1. The molecular formula is C27H29N3O2. The van der Waals surface area contributed by atoms with Gasteiger partial charge in [-0.05, 0) is 74.2 Å². The first-order valence-electron chi connectivity index (χ1n) is 10.5. The molecule has 3 aromatic carbocycles. The Labute approximate surface area is 190 Å². The second-order valence-corrected chi connectivity index (χ2v) is 8.56. The van der Waals surface area contributed by atoms with Gasteiger partial charge in [-0.25, -0.2) is 4.85 Å². The van der Waals surface area contributed by atoms with Crippen molar-refractivity contribution in [2.24, 2.45) is 0 Å². The van der Waals surface area contributed by atoms with Gasteiger partial charge in [0.15, 0.2) is 11.3 Å².